The first-order valence-electron chi connectivity index (χ1n) is 4.80. The van der Waals surface area contributed by atoms with Crippen molar-refractivity contribution in [2.75, 3.05) is 19.5 Å². The van der Waals surface area contributed by atoms with Crippen LogP contribution in [-0.2, 0) is 4.79 Å². The van der Waals surface area contributed by atoms with E-state index in [0.29, 0.717) is 17.2 Å². The minimum Gasteiger partial charge on any atom is -0.493 e. The number of aliphatic carboxylic acids is 1. The maximum absolute atomic E-state index is 10.7. The van der Waals surface area contributed by atoms with Crippen LogP contribution in [-0.4, -0.2) is 31.3 Å². The van der Waals surface area contributed by atoms with Crippen LogP contribution < -0.4 is 14.8 Å². The van der Waals surface area contributed by atoms with Crippen LogP contribution in [0.4, 0.5) is 5.69 Å². The molecule has 88 valence electrons. The van der Waals surface area contributed by atoms with Crippen molar-refractivity contribution in [3.05, 3.63) is 18.2 Å². The number of nitrogens with one attached hydrogen (secondary N) is 1. The molecule has 0 radical (unpaired) electrons. The van der Waals surface area contributed by atoms with Gasteiger partial charge in [-0.3, -0.25) is 4.79 Å². The Bertz CT molecular complexity index is 378. The summed E-state index contributed by atoms with van der Waals surface area (Å²) < 4.78 is 10.2. The Labute approximate surface area is 94.0 Å². The van der Waals surface area contributed by atoms with Gasteiger partial charge in [0.1, 0.15) is 6.04 Å². The van der Waals surface area contributed by atoms with Crippen molar-refractivity contribution < 1.29 is 19.4 Å². The van der Waals surface area contributed by atoms with Gasteiger partial charge in [0.25, 0.3) is 0 Å². The number of hydrogen-bond acceptors (Lipinski definition) is 4. The SMILES string of the molecule is COc1ccc(NC(C)C(=O)O)cc1OC. The fraction of sp³-hybridized carbons (Fsp3) is 0.364. The van der Waals surface area contributed by atoms with Gasteiger partial charge in [-0.15, -0.1) is 0 Å². The second-order valence-corrected chi connectivity index (χ2v) is 3.27. The lowest BCUT2D eigenvalue weighted by Crippen LogP contribution is -2.25. The predicted octanol–water partition coefficient (Wildman–Crippen LogP) is 1.59. The highest BCUT2D eigenvalue weighted by molar-refractivity contribution is 5.77. The molecule has 0 bridgehead atoms. The molecule has 5 heteroatoms. The van der Waals surface area contributed by atoms with Gasteiger partial charge >= 0.3 is 5.97 Å². The summed E-state index contributed by atoms with van der Waals surface area (Å²) in [4.78, 5) is 10.7. The Hall–Kier alpha value is -1.91. The van der Waals surface area contributed by atoms with Crippen LogP contribution in [0.1, 0.15) is 6.92 Å². The Balaban J connectivity index is 2.86. The molecular formula is C11H15NO4. The van der Waals surface area contributed by atoms with Crippen molar-refractivity contribution in [1.82, 2.24) is 0 Å². The molecule has 0 aliphatic carbocycles. The maximum Gasteiger partial charge on any atom is 0.325 e. The molecule has 1 aromatic carbocycles. The second-order valence-electron chi connectivity index (χ2n) is 3.27. The summed E-state index contributed by atoms with van der Waals surface area (Å²) in [5.74, 6) is 0.260. The minimum atomic E-state index is -0.908. The first-order chi connectivity index (χ1) is 7.58. The second kappa shape index (κ2) is 5.25. The lowest BCUT2D eigenvalue weighted by Gasteiger charge is -2.13. The van der Waals surface area contributed by atoms with Gasteiger partial charge in [-0.2, -0.15) is 0 Å². The van der Waals surface area contributed by atoms with Gasteiger partial charge in [-0.25, -0.2) is 0 Å². The summed E-state index contributed by atoms with van der Waals surface area (Å²) in [7, 11) is 3.08. The van der Waals surface area contributed by atoms with E-state index in [-0.39, 0.29) is 0 Å². The Morgan fingerprint density at radius 2 is 1.94 bits per heavy atom. The zero-order valence-electron chi connectivity index (χ0n) is 9.48. The molecule has 1 aromatic rings. The van der Waals surface area contributed by atoms with Crippen molar-refractivity contribution >= 4 is 11.7 Å². The molecule has 5 nitrogen and oxygen atoms in total. The number of benzene rings is 1. The number of carboxylic acids is 1. The van der Waals surface area contributed by atoms with Crippen molar-refractivity contribution in [3.63, 3.8) is 0 Å². The number of rotatable bonds is 5. The summed E-state index contributed by atoms with van der Waals surface area (Å²) in [5, 5.41) is 11.6. The number of carboxylic acid groups (broad SMARTS) is 1. The molecule has 0 saturated heterocycles. The van der Waals surface area contributed by atoms with Gasteiger partial charge in [0, 0.05) is 11.8 Å². The molecular weight excluding hydrogens is 210 g/mol. The zero-order valence-corrected chi connectivity index (χ0v) is 9.48. The van der Waals surface area contributed by atoms with E-state index in [9.17, 15) is 4.79 Å². The molecule has 2 N–H and O–H groups in total. The number of hydrogen-bond donors (Lipinski definition) is 2. The number of carbonyl (C=O) groups is 1. The normalized spacial score (nSPS) is 11.7. The van der Waals surface area contributed by atoms with Crippen LogP contribution in [0, 0.1) is 0 Å². The molecule has 0 aliphatic rings. The topological polar surface area (TPSA) is 67.8 Å². The smallest absolute Gasteiger partial charge is 0.325 e. The first kappa shape index (κ1) is 12.2. The van der Waals surface area contributed by atoms with E-state index in [4.69, 9.17) is 14.6 Å². The summed E-state index contributed by atoms with van der Waals surface area (Å²) in [6.07, 6.45) is 0. The van der Waals surface area contributed by atoms with Crippen molar-refractivity contribution in [3.8, 4) is 11.5 Å². The molecule has 0 spiro atoms. The summed E-state index contributed by atoms with van der Waals surface area (Å²) in [5.41, 5.74) is 0.674. The fourth-order valence-corrected chi connectivity index (χ4v) is 1.24. The lowest BCUT2D eigenvalue weighted by atomic mass is 10.2. The van der Waals surface area contributed by atoms with E-state index in [1.54, 1.807) is 32.2 Å². The van der Waals surface area contributed by atoms with E-state index in [1.165, 1.54) is 7.11 Å². The Morgan fingerprint density at radius 3 is 2.44 bits per heavy atom. The number of methoxy groups -OCH3 is 2. The van der Waals surface area contributed by atoms with E-state index in [1.807, 2.05) is 0 Å². The van der Waals surface area contributed by atoms with Crippen molar-refractivity contribution in [1.29, 1.82) is 0 Å². The molecule has 1 atom stereocenters. The average Bonchev–Trinajstić information content (AvgIpc) is 2.28. The first-order valence-corrected chi connectivity index (χ1v) is 4.80. The van der Waals surface area contributed by atoms with Gasteiger partial charge in [0.2, 0.25) is 0 Å². The molecule has 0 saturated carbocycles. The van der Waals surface area contributed by atoms with Crippen molar-refractivity contribution in [2.45, 2.75) is 13.0 Å². The molecule has 1 unspecified atom stereocenters. The van der Waals surface area contributed by atoms with Crippen LogP contribution in [0.5, 0.6) is 11.5 Å². The fourth-order valence-electron chi connectivity index (χ4n) is 1.24. The maximum atomic E-state index is 10.7. The van der Waals surface area contributed by atoms with Crippen LogP contribution in [0.2, 0.25) is 0 Å². The molecule has 1 rings (SSSR count). The minimum absolute atomic E-state index is 0.560. The predicted molar refractivity (Wildman–Crippen MR) is 60.3 cm³/mol. The van der Waals surface area contributed by atoms with Crippen LogP contribution in [0.3, 0.4) is 0 Å². The summed E-state index contributed by atoms with van der Waals surface area (Å²) in [6, 6.07) is 4.49. The molecule has 0 aromatic heterocycles. The highest BCUT2D eigenvalue weighted by Gasteiger charge is 2.11. The third kappa shape index (κ3) is 2.79. The summed E-state index contributed by atoms with van der Waals surface area (Å²) in [6.45, 7) is 1.57. The Morgan fingerprint density at radius 1 is 1.31 bits per heavy atom. The largest absolute Gasteiger partial charge is 0.493 e. The molecule has 0 fully saturated rings. The van der Waals surface area contributed by atoms with E-state index in [0.717, 1.165) is 0 Å². The van der Waals surface area contributed by atoms with Crippen molar-refractivity contribution in [2.24, 2.45) is 0 Å². The van der Waals surface area contributed by atoms with Gasteiger partial charge in [-0.1, -0.05) is 0 Å². The van der Waals surface area contributed by atoms with Gasteiger partial charge < -0.3 is 19.9 Å². The van der Waals surface area contributed by atoms with Gasteiger partial charge in [-0.05, 0) is 19.1 Å². The van der Waals surface area contributed by atoms with E-state index < -0.39 is 12.0 Å². The molecule has 0 heterocycles. The third-order valence-corrected chi connectivity index (χ3v) is 2.14. The summed E-state index contributed by atoms with van der Waals surface area (Å²) >= 11 is 0. The Kier molecular flexibility index (Phi) is 3.99. The quantitative estimate of drug-likeness (QED) is 0.796. The van der Waals surface area contributed by atoms with Gasteiger partial charge in [0.05, 0.1) is 14.2 Å². The van der Waals surface area contributed by atoms with Crippen LogP contribution in [0.25, 0.3) is 0 Å². The van der Waals surface area contributed by atoms with Gasteiger partial charge in [0.15, 0.2) is 11.5 Å². The molecule has 16 heavy (non-hydrogen) atoms. The highest BCUT2D eigenvalue weighted by Crippen LogP contribution is 2.29. The lowest BCUT2D eigenvalue weighted by molar-refractivity contribution is -0.137. The standard InChI is InChI=1S/C11H15NO4/c1-7(11(13)14)12-8-4-5-9(15-2)10(6-8)16-3/h4-7,12H,1-3H3,(H,13,14). The zero-order chi connectivity index (χ0) is 12.1. The molecule has 0 amide bonds. The monoisotopic (exact) mass is 225 g/mol. The number of ether oxygens (including phenoxy) is 2. The number of anilines is 1. The average molecular weight is 225 g/mol. The third-order valence-electron chi connectivity index (χ3n) is 2.14. The van der Waals surface area contributed by atoms with E-state index >= 15 is 0 Å². The van der Waals surface area contributed by atoms with Crippen LogP contribution in [0.15, 0.2) is 18.2 Å². The highest BCUT2D eigenvalue weighted by atomic mass is 16.5. The van der Waals surface area contributed by atoms with E-state index in [2.05, 4.69) is 5.32 Å². The molecule has 0 aliphatic heterocycles. The van der Waals surface area contributed by atoms with Crippen LogP contribution >= 0.6 is 0 Å².